The Hall–Kier alpha value is -4.18. The first kappa shape index (κ1) is 38.1. The van der Waals surface area contributed by atoms with Gasteiger partial charge in [-0.25, -0.2) is 8.78 Å². The highest BCUT2D eigenvalue weighted by molar-refractivity contribution is 6.90. The van der Waals surface area contributed by atoms with E-state index in [-0.39, 0.29) is 39.1 Å². The quantitative estimate of drug-likeness (QED) is 0.0722. The summed E-state index contributed by atoms with van der Waals surface area (Å²) in [6.07, 6.45) is 4.92. The summed E-state index contributed by atoms with van der Waals surface area (Å²) in [6.45, 7) is 17.6. The molecule has 7 rings (SSSR count). The van der Waals surface area contributed by atoms with Gasteiger partial charge in [0.1, 0.15) is 31.8 Å². The minimum atomic E-state index is -2.31. The molecule has 0 N–H and O–H groups in total. The Morgan fingerprint density at radius 2 is 1.69 bits per heavy atom. The molecule has 4 heterocycles. The molecule has 9 nitrogen and oxygen atoms in total. The van der Waals surface area contributed by atoms with Crippen molar-refractivity contribution in [1.82, 2.24) is 14.9 Å². The van der Waals surface area contributed by atoms with Gasteiger partial charge in [0, 0.05) is 36.7 Å². The maximum absolute atomic E-state index is 17.6. The van der Waals surface area contributed by atoms with Crippen LogP contribution < -0.4 is 9.64 Å². The average Bonchev–Trinajstić information content (AvgIpc) is 3.60. The third kappa shape index (κ3) is 6.62. The zero-order chi connectivity index (χ0) is 38.4. The molecule has 286 valence electrons. The van der Waals surface area contributed by atoms with Gasteiger partial charge in [-0.3, -0.25) is 15.0 Å². The maximum Gasteiger partial charge on any atom is 0.319 e. The topological polar surface area (TPSA) is 93.9 Å². The summed E-state index contributed by atoms with van der Waals surface area (Å²) in [5.74, 6) is 2.19. The molecule has 4 aromatic rings. The van der Waals surface area contributed by atoms with Crippen molar-refractivity contribution in [2.24, 2.45) is 0 Å². The SMILES string of the molecule is CC(C)[Si](C#Cc1c(F)ccc2cccc(-c3c([N+](=O)[O-])cc4c(N5CCCOCC5)nc(OCC56CCCN5CCC6)nc4c3F)c12)(C(C)C)C(C)C. The third-order valence-electron chi connectivity index (χ3n) is 12.4. The van der Waals surface area contributed by atoms with Gasteiger partial charge in [0.2, 0.25) is 0 Å². The number of nitro groups is 1. The van der Waals surface area contributed by atoms with Gasteiger partial charge in [-0.05, 0) is 73.3 Å². The van der Waals surface area contributed by atoms with E-state index in [0.29, 0.717) is 72.5 Å². The molecule has 0 atom stereocenters. The van der Waals surface area contributed by atoms with E-state index in [1.807, 2.05) is 4.90 Å². The van der Waals surface area contributed by atoms with Crippen molar-refractivity contribution >= 4 is 41.3 Å². The highest BCUT2D eigenvalue weighted by atomic mass is 28.3. The van der Waals surface area contributed by atoms with Gasteiger partial charge in [0.05, 0.1) is 33.6 Å². The third-order valence-corrected chi connectivity index (χ3v) is 18.7. The van der Waals surface area contributed by atoms with Crippen molar-refractivity contribution in [3.05, 3.63) is 63.7 Å². The number of hydrogen-bond acceptors (Lipinski definition) is 8. The lowest BCUT2D eigenvalue weighted by Gasteiger charge is -2.38. The molecule has 0 unspecified atom stereocenters. The van der Waals surface area contributed by atoms with E-state index in [2.05, 4.69) is 62.9 Å². The molecule has 54 heavy (non-hydrogen) atoms. The molecule has 0 amide bonds. The molecule has 0 bridgehead atoms. The molecule has 0 saturated carbocycles. The van der Waals surface area contributed by atoms with Gasteiger partial charge < -0.3 is 14.4 Å². The zero-order valence-corrected chi connectivity index (χ0v) is 33.3. The smallest absolute Gasteiger partial charge is 0.319 e. The van der Waals surface area contributed by atoms with E-state index in [1.165, 1.54) is 12.1 Å². The van der Waals surface area contributed by atoms with E-state index < -0.39 is 30.3 Å². The van der Waals surface area contributed by atoms with Crippen molar-refractivity contribution in [2.45, 2.75) is 95.8 Å². The van der Waals surface area contributed by atoms with Crippen molar-refractivity contribution in [2.75, 3.05) is 50.9 Å². The molecule has 0 spiro atoms. The molecule has 3 fully saturated rings. The van der Waals surface area contributed by atoms with Crippen LogP contribution in [0.4, 0.5) is 20.3 Å². The van der Waals surface area contributed by atoms with Crippen LogP contribution in [0, 0.1) is 33.2 Å². The van der Waals surface area contributed by atoms with Crippen LogP contribution in [0.2, 0.25) is 16.6 Å². The maximum atomic E-state index is 17.6. The number of anilines is 1. The Morgan fingerprint density at radius 1 is 0.963 bits per heavy atom. The summed E-state index contributed by atoms with van der Waals surface area (Å²) in [5, 5.41) is 14.1. The van der Waals surface area contributed by atoms with Crippen LogP contribution in [-0.2, 0) is 4.74 Å². The van der Waals surface area contributed by atoms with E-state index >= 15 is 8.78 Å². The van der Waals surface area contributed by atoms with Crippen LogP contribution in [0.1, 0.15) is 79.2 Å². The van der Waals surface area contributed by atoms with Gasteiger partial charge in [0.25, 0.3) is 5.69 Å². The number of halogens is 2. The first-order valence-corrected chi connectivity index (χ1v) is 21.7. The summed E-state index contributed by atoms with van der Waals surface area (Å²) in [7, 11) is -2.31. The van der Waals surface area contributed by atoms with Crippen LogP contribution in [0.15, 0.2) is 36.4 Å². The van der Waals surface area contributed by atoms with Crippen LogP contribution in [0.25, 0.3) is 32.8 Å². The van der Waals surface area contributed by atoms with E-state index in [1.54, 1.807) is 24.3 Å². The Morgan fingerprint density at radius 3 is 2.37 bits per heavy atom. The average molecular weight is 756 g/mol. The van der Waals surface area contributed by atoms with Crippen molar-refractivity contribution < 1.29 is 23.2 Å². The summed E-state index contributed by atoms with van der Waals surface area (Å²) in [4.78, 5) is 26.3. The van der Waals surface area contributed by atoms with Gasteiger partial charge in [0.15, 0.2) is 5.82 Å². The first-order chi connectivity index (χ1) is 25.9. The standard InChI is InChI=1S/C42H51F2N5O4Si/c1-27(2)54(28(3)4,29(5)6)24-15-31-34(43)14-13-30-11-7-12-32(36(30)31)37-35(49(50)51)25-33-39(38(37)44)45-41(46-40(33)47-18-10-22-52-23-21-47)53-26-42-16-8-19-48(42)20-9-17-42/h7,11-14,25,27-29H,8-10,16-23,26H2,1-6H3. The minimum Gasteiger partial charge on any atom is -0.461 e. The summed E-state index contributed by atoms with van der Waals surface area (Å²) in [5.41, 5.74) is 3.91. The van der Waals surface area contributed by atoms with E-state index in [4.69, 9.17) is 14.5 Å². The lowest BCUT2D eigenvalue weighted by Crippen LogP contribution is -2.43. The number of rotatable bonds is 9. The lowest BCUT2D eigenvalue weighted by molar-refractivity contribution is -0.384. The lowest BCUT2D eigenvalue weighted by atomic mass is 9.92. The summed E-state index contributed by atoms with van der Waals surface area (Å²) < 4.78 is 45.7. The first-order valence-electron chi connectivity index (χ1n) is 19.5. The van der Waals surface area contributed by atoms with Crippen LogP contribution in [0.3, 0.4) is 0 Å². The van der Waals surface area contributed by atoms with Crippen molar-refractivity contribution in [1.29, 1.82) is 0 Å². The fraction of sp³-hybridized carbons (Fsp3) is 0.524. The van der Waals surface area contributed by atoms with Crippen LogP contribution >= 0.6 is 0 Å². The predicted octanol–water partition coefficient (Wildman–Crippen LogP) is 9.44. The Labute approximate surface area is 317 Å². The number of ether oxygens (including phenoxy) is 2. The van der Waals surface area contributed by atoms with Gasteiger partial charge in [-0.1, -0.05) is 71.7 Å². The zero-order valence-electron chi connectivity index (χ0n) is 32.3. The van der Waals surface area contributed by atoms with E-state index in [9.17, 15) is 10.1 Å². The molecule has 0 aliphatic carbocycles. The van der Waals surface area contributed by atoms with Crippen molar-refractivity contribution in [3.8, 4) is 28.6 Å². The van der Waals surface area contributed by atoms with Crippen LogP contribution in [-0.4, -0.2) is 79.4 Å². The molecule has 3 aliphatic rings. The number of fused-ring (bicyclic) bond motifs is 3. The number of hydrogen-bond donors (Lipinski definition) is 0. The normalized spacial score (nSPS) is 17.7. The summed E-state index contributed by atoms with van der Waals surface area (Å²) in [6, 6.07) is 9.50. The molecule has 3 aromatic carbocycles. The summed E-state index contributed by atoms with van der Waals surface area (Å²) >= 11 is 0. The van der Waals surface area contributed by atoms with E-state index in [0.717, 1.165) is 38.8 Å². The second-order valence-corrected chi connectivity index (χ2v) is 21.8. The molecular formula is C42H51F2N5O4Si. The molecule has 12 heteroatoms. The van der Waals surface area contributed by atoms with Gasteiger partial charge in [-0.2, -0.15) is 9.97 Å². The second-order valence-electron chi connectivity index (χ2n) is 16.2. The van der Waals surface area contributed by atoms with Gasteiger partial charge in [-0.15, -0.1) is 5.54 Å². The largest absolute Gasteiger partial charge is 0.461 e. The fourth-order valence-corrected chi connectivity index (χ4v) is 15.0. The molecular weight excluding hydrogens is 705 g/mol. The predicted molar refractivity (Wildman–Crippen MR) is 213 cm³/mol. The number of aromatic nitrogens is 2. The molecule has 3 saturated heterocycles. The van der Waals surface area contributed by atoms with Crippen LogP contribution in [0.5, 0.6) is 6.01 Å². The fourth-order valence-electron chi connectivity index (χ4n) is 9.79. The minimum absolute atomic E-state index is 0.0300. The molecule has 3 aliphatic heterocycles. The Balaban J connectivity index is 1.46. The van der Waals surface area contributed by atoms with Gasteiger partial charge >= 0.3 is 6.01 Å². The highest BCUT2D eigenvalue weighted by Gasteiger charge is 2.45. The molecule has 0 radical (unpaired) electrons. The number of benzene rings is 3. The number of nitrogens with zero attached hydrogens (tertiary/aromatic N) is 5. The second kappa shape index (κ2) is 15.2. The Bertz CT molecular complexity index is 2110. The molecule has 1 aromatic heterocycles. The Kier molecular flexibility index (Phi) is 10.7. The van der Waals surface area contributed by atoms with Crippen molar-refractivity contribution in [3.63, 3.8) is 0 Å². The number of nitro benzene ring substituents is 1. The highest BCUT2D eigenvalue weighted by Crippen LogP contribution is 2.45. The monoisotopic (exact) mass is 755 g/mol.